The maximum Gasteiger partial charge on any atom is 0.322 e. The van der Waals surface area contributed by atoms with Crippen molar-refractivity contribution in [1.82, 2.24) is 15.5 Å². The summed E-state index contributed by atoms with van der Waals surface area (Å²) < 4.78 is 0. The molecule has 12 nitrogen and oxygen atoms in total. The van der Waals surface area contributed by atoms with Crippen LogP contribution in [0.3, 0.4) is 0 Å². The van der Waals surface area contributed by atoms with E-state index in [1.807, 2.05) is 13.8 Å². The van der Waals surface area contributed by atoms with E-state index in [0.29, 0.717) is 45.2 Å². The SMILES string of the molecule is CC(C)CC(NC(=O)C(N)CCCN=C(N)N)C(=O)N1CCCC1C(=O)NCC(=O)O. The molecule has 1 saturated heterocycles. The summed E-state index contributed by atoms with van der Waals surface area (Å²) in [4.78, 5) is 54.0. The van der Waals surface area contributed by atoms with E-state index < -0.39 is 42.5 Å². The van der Waals surface area contributed by atoms with Crippen LogP contribution in [0.1, 0.15) is 46.0 Å². The number of hydrogen-bond acceptors (Lipinski definition) is 6. The number of carboxylic acids is 1. The summed E-state index contributed by atoms with van der Waals surface area (Å²) in [5.41, 5.74) is 16.5. The number of nitrogens with two attached hydrogens (primary N) is 3. The lowest BCUT2D eigenvalue weighted by Gasteiger charge is -2.30. The van der Waals surface area contributed by atoms with Gasteiger partial charge in [0.15, 0.2) is 5.96 Å². The molecule has 1 heterocycles. The monoisotopic (exact) mass is 441 g/mol. The minimum absolute atomic E-state index is 0.0341. The first kappa shape index (κ1) is 26.1. The highest BCUT2D eigenvalue weighted by Gasteiger charge is 2.38. The van der Waals surface area contributed by atoms with E-state index in [1.165, 1.54) is 4.90 Å². The number of carbonyl (C=O) groups is 4. The Morgan fingerprint density at radius 1 is 1.23 bits per heavy atom. The number of nitrogens with zero attached hydrogens (tertiary/aromatic N) is 2. The summed E-state index contributed by atoms with van der Waals surface area (Å²) >= 11 is 0. The quantitative estimate of drug-likeness (QED) is 0.114. The van der Waals surface area contributed by atoms with E-state index in [4.69, 9.17) is 22.3 Å². The molecule has 0 radical (unpaired) electrons. The topological polar surface area (TPSA) is 206 Å². The number of amides is 3. The third kappa shape index (κ3) is 9.20. The van der Waals surface area contributed by atoms with Crippen LogP contribution in [0.25, 0.3) is 0 Å². The second-order valence-electron chi connectivity index (χ2n) is 8.05. The summed E-state index contributed by atoms with van der Waals surface area (Å²) in [6.07, 6.45) is 2.28. The third-order valence-electron chi connectivity index (χ3n) is 4.88. The average Bonchev–Trinajstić information content (AvgIpc) is 3.17. The van der Waals surface area contributed by atoms with Gasteiger partial charge in [0.1, 0.15) is 18.6 Å². The average molecular weight is 442 g/mol. The molecule has 1 fully saturated rings. The summed E-state index contributed by atoms with van der Waals surface area (Å²) in [7, 11) is 0. The first-order valence-electron chi connectivity index (χ1n) is 10.4. The first-order chi connectivity index (χ1) is 14.5. The lowest BCUT2D eigenvalue weighted by atomic mass is 10.0. The Morgan fingerprint density at radius 3 is 2.48 bits per heavy atom. The van der Waals surface area contributed by atoms with Gasteiger partial charge in [-0.05, 0) is 38.0 Å². The van der Waals surface area contributed by atoms with Crippen LogP contribution in [0.4, 0.5) is 0 Å². The number of carboxylic acid groups (broad SMARTS) is 1. The Kier molecular flexibility index (Phi) is 10.7. The molecule has 0 aliphatic carbocycles. The van der Waals surface area contributed by atoms with E-state index in [-0.39, 0.29) is 17.8 Å². The van der Waals surface area contributed by atoms with Crippen molar-refractivity contribution >= 4 is 29.7 Å². The number of aliphatic imine (C=N–C) groups is 1. The normalized spacial score (nSPS) is 17.7. The van der Waals surface area contributed by atoms with Crippen LogP contribution in [0, 0.1) is 5.92 Å². The molecule has 0 bridgehead atoms. The van der Waals surface area contributed by atoms with Gasteiger partial charge >= 0.3 is 5.97 Å². The predicted molar refractivity (Wildman–Crippen MR) is 115 cm³/mol. The van der Waals surface area contributed by atoms with Crippen molar-refractivity contribution in [3.8, 4) is 0 Å². The summed E-state index contributed by atoms with van der Waals surface area (Å²) in [5, 5.41) is 13.8. The summed E-state index contributed by atoms with van der Waals surface area (Å²) in [6, 6.07) is -2.42. The zero-order chi connectivity index (χ0) is 23.6. The molecule has 0 aromatic heterocycles. The Balaban J connectivity index is 2.77. The molecule has 1 rings (SSSR count). The standard InChI is InChI=1S/C19H35N7O5/c1-11(2)9-13(25-16(29)12(20)5-3-7-23-19(21)22)18(31)26-8-4-6-14(26)17(30)24-10-15(27)28/h11-14H,3-10,20H2,1-2H3,(H,24,30)(H,25,29)(H,27,28)(H4,21,22,23). The Labute approximate surface area is 182 Å². The Morgan fingerprint density at radius 2 is 1.90 bits per heavy atom. The Bertz CT molecular complexity index is 679. The molecule has 0 aromatic rings. The van der Waals surface area contributed by atoms with Crippen LogP contribution in [0.5, 0.6) is 0 Å². The fourth-order valence-electron chi connectivity index (χ4n) is 3.41. The van der Waals surface area contributed by atoms with Crippen LogP contribution < -0.4 is 27.8 Å². The zero-order valence-electron chi connectivity index (χ0n) is 18.2. The molecule has 3 atom stereocenters. The molecule has 9 N–H and O–H groups in total. The minimum atomic E-state index is -1.16. The van der Waals surface area contributed by atoms with Crippen LogP contribution in [-0.2, 0) is 19.2 Å². The fraction of sp³-hybridized carbons (Fsp3) is 0.737. The van der Waals surface area contributed by atoms with Gasteiger partial charge in [0.05, 0.1) is 6.04 Å². The van der Waals surface area contributed by atoms with Gasteiger partial charge in [0, 0.05) is 13.1 Å². The van der Waals surface area contributed by atoms with Gasteiger partial charge in [-0.1, -0.05) is 13.8 Å². The van der Waals surface area contributed by atoms with Crippen molar-refractivity contribution in [2.45, 2.75) is 64.1 Å². The van der Waals surface area contributed by atoms with E-state index >= 15 is 0 Å². The number of guanidine groups is 1. The molecule has 176 valence electrons. The number of aliphatic carboxylic acids is 1. The third-order valence-corrected chi connectivity index (χ3v) is 4.88. The van der Waals surface area contributed by atoms with Crippen LogP contribution in [-0.4, -0.2) is 77.4 Å². The van der Waals surface area contributed by atoms with Crippen molar-refractivity contribution in [2.24, 2.45) is 28.1 Å². The highest BCUT2D eigenvalue weighted by molar-refractivity contribution is 5.94. The molecule has 0 spiro atoms. The smallest absolute Gasteiger partial charge is 0.322 e. The first-order valence-corrected chi connectivity index (χ1v) is 10.4. The van der Waals surface area contributed by atoms with Crippen molar-refractivity contribution < 1.29 is 24.3 Å². The summed E-state index contributed by atoms with van der Waals surface area (Å²) in [5.74, 6) is -2.44. The van der Waals surface area contributed by atoms with Crippen molar-refractivity contribution in [3.63, 3.8) is 0 Å². The number of rotatable bonds is 12. The van der Waals surface area contributed by atoms with Crippen molar-refractivity contribution in [1.29, 1.82) is 0 Å². The molecule has 31 heavy (non-hydrogen) atoms. The molecule has 12 heteroatoms. The van der Waals surface area contributed by atoms with E-state index in [1.54, 1.807) is 0 Å². The molecule has 1 aliphatic heterocycles. The highest BCUT2D eigenvalue weighted by atomic mass is 16.4. The lowest BCUT2D eigenvalue weighted by molar-refractivity contribution is -0.143. The van der Waals surface area contributed by atoms with Gasteiger partial charge in [-0.15, -0.1) is 0 Å². The fourth-order valence-corrected chi connectivity index (χ4v) is 3.41. The van der Waals surface area contributed by atoms with Crippen LogP contribution >= 0.6 is 0 Å². The van der Waals surface area contributed by atoms with Gasteiger partial charge in [0.2, 0.25) is 17.7 Å². The maximum atomic E-state index is 13.2. The molecule has 0 saturated carbocycles. The van der Waals surface area contributed by atoms with Crippen LogP contribution in [0.2, 0.25) is 0 Å². The van der Waals surface area contributed by atoms with Gasteiger partial charge in [0.25, 0.3) is 0 Å². The predicted octanol–water partition coefficient (Wildman–Crippen LogP) is -1.91. The van der Waals surface area contributed by atoms with Crippen LogP contribution in [0.15, 0.2) is 4.99 Å². The highest BCUT2D eigenvalue weighted by Crippen LogP contribution is 2.20. The number of hydrogen-bond donors (Lipinski definition) is 6. The van der Waals surface area contributed by atoms with Gasteiger partial charge in [-0.2, -0.15) is 0 Å². The second-order valence-corrected chi connectivity index (χ2v) is 8.05. The van der Waals surface area contributed by atoms with Crippen molar-refractivity contribution in [2.75, 3.05) is 19.6 Å². The molecule has 3 unspecified atom stereocenters. The van der Waals surface area contributed by atoms with E-state index in [9.17, 15) is 19.2 Å². The zero-order valence-corrected chi connectivity index (χ0v) is 18.2. The summed E-state index contributed by atoms with van der Waals surface area (Å²) in [6.45, 7) is 4.03. The minimum Gasteiger partial charge on any atom is -0.480 e. The second kappa shape index (κ2) is 12.7. The van der Waals surface area contributed by atoms with E-state index in [0.717, 1.165) is 0 Å². The number of nitrogens with one attached hydrogen (secondary N) is 2. The molecule has 0 aromatic carbocycles. The Hall–Kier alpha value is -2.89. The largest absolute Gasteiger partial charge is 0.480 e. The number of carbonyl (C=O) groups excluding carboxylic acids is 3. The molecule has 1 aliphatic rings. The molecular formula is C19H35N7O5. The van der Waals surface area contributed by atoms with Gasteiger partial charge < -0.3 is 37.8 Å². The van der Waals surface area contributed by atoms with E-state index in [2.05, 4.69) is 15.6 Å². The number of likely N-dealkylation sites (tertiary alicyclic amines) is 1. The maximum absolute atomic E-state index is 13.2. The van der Waals surface area contributed by atoms with Gasteiger partial charge in [-0.25, -0.2) is 0 Å². The van der Waals surface area contributed by atoms with Crippen molar-refractivity contribution in [3.05, 3.63) is 0 Å². The molecular weight excluding hydrogens is 406 g/mol. The lowest BCUT2D eigenvalue weighted by Crippen LogP contribution is -2.56. The van der Waals surface area contributed by atoms with Gasteiger partial charge in [-0.3, -0.25) is 24.2 Å². The molecule has 3 amide bonds.